The number of amides is 2. The average Bonchev–Trinajstić information content (AvgIpc) is 3.43. The third-order valence-corrected chi connectivity index (χ3v) is 7.00. The summed E-state index contributed by atoms with van der Waals surface area (Å²) < 4.78 is 15.1. The first-order valence-corrected chi connectivity index (χ1v) is 11.6. The van der Waals surface area contributed by atoms with Gasteiger partial charge in [0.1, 0.15) is 5.82 Å². The van der Waals surface area contributed by atoms with Gasteiger partial charge in [-0.15, -0.1) is 0 Å². The number of rotatable bonds is 3. The van der Waals surface area contributed by atoms with E-state index in [1.807, 2.05) is 14.5 Å². The Labute approximate surface area is 182 Å². The van der Waals surface area contributed by atoms with E-state index in [0.29, 0.717) is 18.8 Å². The quantitative estimate of drug-likeness (QED) is 0.759. The number of piperidine rings is 2. The lowest BCUT2D eigenvalue weighted by Crippen LogP contribution is -2.45. The van der Waals surface area contributed by atoms with Gasteiger partial charge in [-0.05, 0) is 75.6 Å². The van der Waals surface area contributed by atoms with Crippen LogP contribution in [-0.2, 0) is 17.6 Å². The summed E-state index contributed by atoms with van der Waals surface area (Å²) in [5.74, 6) is -0.0216. The first-order valence-electron chi connectivity index (χ1n) is 11.6. The van der Waals surface area contributed by atoms with Crippen molar-refractivity contribution in [2.24, 2.45) is 5.92 Å². The van der Waals surface area contributed by atoms with Crippen molar-refractivity contribution in [3.8, 4) is 5.69 Å². The maximum Gasteiger partial charge on any atom is 0.274 e. The van der Waals surface area contributed by atoms with E-state index in [-0.39, 0.29) is 23.5 Å². The lowest BCUT2D eigenvalue weighted by atomic mass is 9.94. The van der Waals surface area contributed by atoms with Crippen LogP contribution in [0.3, 0.4) is 0 Å². The number of fused-ring (bicyclic) bond motifs is 1. The third kappa shape index (κ3) is 3.86. The molecule has 0 unspecified atom stereocenters. The Balaban J connectivity index is 1.29. The van der Waals surface area contributed by atoms with E-state index in [0.717, 1.165) is 75.0 Å². The summed E-state index contributed by atoms with van der Waals surface area (Å²) in [6.07, 6.45) is 7.59. The number of carbonyl (C=O) groups excluding carboxylic acids is 2. The lowest BCUT2D eigenvalue weighted by molar-refractivity contribution is -0.137. The minimum absolute atomic E-state index is 0.0321. The van der Waals surface area contributed by atoms with Crippen LogP contribution < -0.4 is 0 Å². The molecule has 0 spiro atoms. The van der Waals surface area contributed by atoms with E-state index in [9.17, 15) is 14.0 Å². The fraction of sp³-hybridized carbons (Fsp3) is 0.542. The molecule has 0 N–H and O–H groups in total. The largest absolute Gasteiger partial charge is 0.342 e. The third-order valence-electron chi connectivity index (χ3n) is 7.00. The van der Waals surface area contributed by atoms with E-state index in [4.69, 9.17) is 0 Å². The van der Waals surface area contributed by atoms with Gasteiger partial charge >= 0.3 is 0 Å². The molecule has 2 fully saturated rings. The van der Waals surface area contributed by atoms with Gasteiger partial charge in [-0.3, -0.25) is 9.59 Å². The highest BCUT2D eigenvalue weighted by Gasteiger charge is 2.34. The number of nitrogens with zero attached hydrogens (tertiary/aromatic N) is 4. The van der Waals surface area contributed by atoms with Crippen molar-refractivity contribution in [1.29, 1.82) is 0 Å². The van der Waals surface area contributed by atoms with Crippen LogP contribution >= 0.6 is 0 Å². The zero-order valence-corrected chi connectivity index (χ0v) is 17.9. The molecule has 5 rings (SSSR count). The monoisotopic (exact) mass is 424 g/mol. The van der Waals surface area contributed by atoms with Gasteiger partial charge in [0.05, 0.1) is 5.69 Å². The molecule has 7 heteroatoms. The molecule has 1 aromatic carbocycles. The van der Waals surface area contributed by atoms with Crippen molar-refractivity contribution in [3.05, 3.63) is 47.0 Å². The summed E-state index contributed by atoms with van der Waals surface area (Å²) in [5.41, 5.74) is 3.40. The maximum absolute atomic E-state index is 13.3. The van der Waals surface area contributed by atoms with Crippen LogP contribution in [0.25, 0.3) is 5.69 Å². The van der Waals surface area contributed by atoms with E-state index >= 15 is 0 Å². The van der Waals surface area contributed by atoms with Gasteiger partial charge in [-0.2, -0.15) is 5.10 Å². The Kier molecular flexibility index (Phi) is 5.50. The number of halogens is 1. The van der Waals surface area contributed by atoms with Crippen molar-refractivity contribution >= 4 is 11.8 Å². The molecule has 2 aromatic rings. The predicted octanol–water partition coefficient (Wildman–Crippen LogP) is 3.36. The first kappa shape index (κ1) is 20.2. The van der Waals surface area contributed by atoms with Gasteiger partial charge in [-0.25, -0.2) is 9.07 Å². The normalized spacial score (nSPS) is 19.5. The molecule has 0 bridgehead atoms. The molecule has 6 nitrogen and oxygen atoms in total. The van der Waals surface area contributed by atoms with Crippen LogP contribution in [0, 0.1) is 11.7 Å². The zero-order valence-electron chi connectivity index (χ0n) is 17.9. The van der Waals surface area contributed by atoms with Gasteiger partial charge in [0.15, 0.2) is 5.69 Å². The zero-order chi connectivity index (χ0) is 21.4. The fourth-order valence-corrected chi connectivity index (χ4v) is 5.26. The van der Waals surface area contributed by atoms with Gasteiger partial charge < -0.3 is 9.80 Å². The molecule has 1 aliphatic carbocycles. The highest BCUT2D eigenvalue weighted by molar-refractivity contribution is 5.94. The van der Waals surface area contributed by atoms with Crippen molar-refractivity contribution in [2.75, 3.05) is 26.2 Å². The van der Waals surface area contributed by atoms with Crippen molar-refractivity contribution in [2.45, 2.75) is 51.4 Å². The average molecular weight is 425 g/mol. The lowest BCUT2D eigenvalue weighted by Gasteiger charge is -2.35. The minimum Gasteiger partial charge on any atom is -0.342 e. The van der Waals surface area contributed by atoms with Crippen molar-refractivity contribution < 1.29 is 14.0 Å². The number of aromatic nitrogens is 2. The van der Waals surface area contributed by atoms with Gasteiger partial charge in [-0.1, -0.05) is 0 Å². The second kappa shape index (κ2) is 8.44. The van der Waals surface area contributed by atoms with E-state index in [1.54, 1.807) is 12.1 Å². The minimum atomic E-state index is -0.286. The SMILES string of the molecule is O=C(c1nn(-c2ccc(F)cc2)c2c1CCC2)N1CCC(C(=O)N2CCCCC2)CC1. The molecule has 2 amide bonds. The first-order chi connectivity index (χ1) is 15.1. The molecule has 2 saturated heterocycles. The Bertz CT molecular complexity index is 970. The van der Waals surface area contributed by atoms with Gasteiger partial charge in [0.2, 0.25) is 5.91 Å². The second-order valence-corrected chi connectivity index (χ2v) is 8.97. The molecule has 3 heterocycles. The molecular formula is C24H29FN4O2. The van der Waals surface area contributed by atoms with Gasteiger partial charge in [0, 0.05) is 43.4 Å². The number of benzene rings is 1. The van der Waals surface area contributed by atoms with Crippen molar-refractivity contribution in [1.82, 2.24) is 19.6 Å². The topological polar surface area (TPSA) is 58.4 Å². The molecule has 164 valence electrons. The van der Waals surface area contributed by atoms with Crippen molar-refractivity contribution in [3.63, 3.8) is 0 Å². The smallest absolute Gasteiger partial charge is 0.274 e. The molecule has 31 heavy (non-hydrogen) atoms. The molecule has 2 aliphatic heterocycles. The Hall–Kier alpha value is -2.70. The summed E-state index contributed by atoms with van der Waals surface area (Å²) in [7, 11) is 0. The van der Waals surface area contributed by atoms with Crippen LogP contribution in [-0.4, -0.2) is 57.6 Å². The Morgan fingerprint density at radius 3 is 2.29 bits per heavy atom. The Morgan fingerprint density at radius 1 is 0.871 bits per heavy atom. The highest BCUT2D eigenvalue weighted by Crippen LogP contribution is 2.30. The van der Waals surface area contributed by atoms with E-state index in [1.165, 1.54) is 18.6 Å². The summed E-state index contributed by atoms with van der Waals surface area (Å²) in [5, 5.41) is 4.66. The molecule has 0 atom stereocenters. The number of hydrogen-bond donors (Lipinski definition) is 0. The summed E-state index contributed by atoms with van der Waals surface area (Å²) in [6, 6.07) is 6.24. The fourth-order valence-electron chi connectivity index (χ4n) is 5.26. The maximum atomic E-state index is 13.3. The molecule has 0 radical (unpaired) electrons. The molecule has 0 saturated carbocycles. The summed E-state index contributed by atoms with van der Waals surface area (Å²) in [4.78, 5) is 30.0. The molecular weight excluding hydrogens is 395 g/mol. The van der Waals surface area contributed by atoms with Crippen LogP contribution in [0.1, 0.15) is 60.3 Å². The van der Waals surface area contributed by atoms with Crippen LogP contribution in [0.5, 0.6) is 0 Å². The van der Waals surface area contributed by atoms with Gasteiger partial charge in [0.25, 0.3) is 5.91 Å². The summed E-state index contributed by atoms with van der Waals surface area (Å²) in [6.45, 7) is 2.96. The van der Waals surface area contributed by atoms with Crippen LogP contribution in [0.2, 0.25) is 0 Å². The highest BCUT2D eigenvalue weighted by atomic mass is 19.1. The molecule has 1 aromatic heterocycles. The standard InChI is InChI=1S/C24H29FN4O2/c25-18-7-9-19(10-8-18)29-21-6-4-5-20(21)22(26-29)24(31)28-15-11-17(12-16-28)23(30)27-13-2-1-3-14-27/h7-10,17H,1-6,11-16H2. The van der Waals surface area contributed by atoms with E-state index < -0.39 is 0 Å². The van der Waals surface area contributed by atoms with Crippen LogP contribution in [0.15, 0.2) is 24.3 Å². The second-order valence-electron chi connectivity index (χ2n) is 8.97. The Morgan fingerprint density at radius 2 is 1.58 bits per heavy atom. The van der Waals surface area contributed by atoms with E-state index in [2.05, 4.69) is 5.10 Å². The number of likely N-dealkylation sites (tertiary alicyclic amines) is 2. The number of hydrogen-bond acceptors (Lipinski definition) is 3. The van der Waals surface area contributed by atoms with Crippen LogP contribution in [0.4, 0.5) is 4.39 Å². The summed E-state index contributed by atoms with van der Waals surface area (Å²) >= 11 is 0. The molecule has 3 aliphatic rings. The predicted molar refractivity (Wildman–Crippen MR) is 115 cm³/mol. The number of carbonyl (C=O) groups is 2.